The number of carbonyl (C=O) groups excluding carboxylic acids is 3. The van der Waals surface area contributed by atoms with E-state index in [1.807, 2.05) is 0 Å². The molecule has 1 atom stereocenters. The first-order valence-electron chi connectivity index (χ1n) is 8.43. The van der Waals surface area contributed by atoms with Crippen LogP contribution in [0.15, 0.2) is 24.3 Å². The number of amides is 2. The molecule has 1 N–H and O–H groups in total. The van der Waals surface area contributed by atoms with E-state index in [1.165, 1.54) is 0 Å². The molecule has 0 aromatic heterocycles. The van der Waals surface area contributed by atoms with Gasteiger partial charge in [0.15, 0.2) is 0 Å². The van der Waals surface area contributed by atoms with E-state index < -0.39 is 30.3 Å². The van der Waals surface area contributed by atoms with Crippen LogP contribution in [-0.2, 0) is 9.59 Å². The highest BCUT2D eigenvalue weighted by Crippen LogP contribution is 2.25. The SMILES string of the molecule is O=C(O)C(CCCCCCN1C(=O)c2ccccc2C1=O)C(=O)C(F)(F)F. The molecule has 0 saturated carbocycles. The number of fused-ring (bicyclic) bond motifs is 1. The summed E-state index contributed by atoms with van der Waals surface area (Å²) in [6, 6.07) is 6.46. The number of Topliss-reactive ketones (excluding diaryl/α,β-unsaturated/α-hetero) is 1. The number of benzene rings is 1. The van der Waals surface area contributed by atoms with Crippen molar-refractivity contribution in [2.45, 2.75) is 38.3 Å². The van der Waals surface area contributed by atoms with Crippen LogP contribution in [-0.4, -0.2) is 46.3 Å². The van der Waals surface area contributed by atoms with Gasteiger partial charge in [-0.2, -0.15) is 13.2 Å². The Balaban J connectivity index is 1.75. The van der Waals surface area contributed by atoms with Crippen molar-refractivity contribution >= 4 is 23.6 Å². The lowest BCUT2D eigenvalue weighted by Crippen LogP contribution is -2.35. The van der Waals surface area contributed by atoms with Crippen molar-refractivity contribution in [3.63, 3.8) is 0 Å². The number of carboxylic acid groups (broad SMARTS) is 1. The van der Waals surface area contributed by atoms with Crippen LogP contribution in [0, 0.1) is 5.92 Å². The molecular weight excluding hydrogens is 367 g/mol. The Bertz CT molecular complexity index is 725. The van der Waals surface area contributed by atoms with Crippen LogP contribution in [0.25, 0.3) is 0 Å². The molecule has 2 amide bonds. The fraction of sp³-hybridized carbons (Fsp3) is 0.444. The van der Waals surface area contributed by atoms with Crippen molar-refractivity contribution in [3.05, 3.63) is 35.4 Å². The molecule has 0 aliphatic carbocycles. The van der Waals surface area contributed by atoms with E-state index in [0.717, 1.165) is 4.90 Å². The fourth-order valence-electron chi connectivity index (χ4n) is 2.98. The molecule has 0 saturated heterocycles. The Morgan fingerprint density at radius 2 is 1.48 bits per heavy atom. The minimum Gasteiger partial charge on any atom is -0.481 e. The summed E-state index contributed by atoms with van der Waals surface area (Å²) >= 11 is 0. The highest BCUT2D eigenvalue weighted by molar-refractivity contribution is 6.21. The van der Waals surface area contributed by atoms with E-state index in [1.54, 1.807) is 24.3 Å². The summed E-state index contributed by atoms with van der Waals surface area (Å²) in [7, 11) is 0. The number of hydrogen-bond donors (Lipinski definition) is 1. The third-order valence-electron chi connectivity index (χ3n) is 4.40. The van der Waals surface area contributed by atoms with Gasteiger partial charge in [0.05, 0.1) is 11.1 Å². The topological polar surface area (TPSA) is 91.8 Å². The molecule has 27 heavy (non-hydrogen) atoms. The van der Waals surface area contributed by atoms with Crippen LogP contribution in [0.3, 0.4) is 0 Å². The number of nitrogens with zero attached hydrogens (tertiary/aromatic N) is 1. The maximum absolute atomic E-state index is 12.4. The lowest BCUT2D eigenvalue weighted by Gasteiger charge is -2.14. The quantitative estimate of drug-likeness (QED) is 0.401. The zero-order chi connectivity index (χ0) is 20.2. The number of aliphatic carboxylic acids is 1. The van der Waals surface area contributed by atoms with Crippen molar-refractivity contribution in [2.75, 3.05) is 6.54 Å². The highest BCUT2D eigenvalue weighted by Gasteiger charge is 2.45. The van der Waals surface area contributed by atoms with Crippen LogP contribution in [0.2, 0.25) is 0 Å². The first-order valence-corrected chi connectivity index (χ1v) is 8.43. The van der Waals surface area contributed by atoms with E-state index in [-0.39, 0.29) is 24.8 Å². The normalized spacial score (nSPS) is 15.0. The molecule has 1 aliphatic rings. The van der Waals surface area contributed by atoms with Gasteiger partial charge in [-0.15, -0.1) is 0 Å². The minimum atomic E-state index is -5.17. The number of alkyl halides is 3. The molecule has 1 aromatic rings. The number of carboxylic acids is 1. The summed E-state index contributed by atoms with van der Waals surface area (Å²) in [5.74, 6) is -6.89. The van der Waals surface area contributed by atoms with Crippen molar-refractivity contribution in [2.24, 2.45) is 5.92 Å². The number of halogens is 3. The largest absolute Gasteiger partial charge is 0.481 e. The molecule has 1 aromatic carbocycles. The Morgan fingerprint density at radius 3 is 1.96 bits per heavy atom. The monoisotopic (exact) mass is 385 g/mol. The van der Waals surface area contributed by atoms with Crippen LogP contribution in [0.4, 0.5) is 13.2 Å². The standard InChI is InChI=1S/C18H18F3NO5/c19-18(20,21)14(23)13(17(26)27)9-3-1-2-6-10-22-15(24)11-7-4-5-8-12(11)16(22)25/h4-5,7-8,13H,1-3,6,9-10H2,(H,26,27). The number of unbranched alkanes of at least 4 members (excludes halogenated alkanes) is 3. The molecule has 146 valence electrons. The van der Waals surface area contributed by atoms with Gasteiger partial charge in [-0.1, -0.05) is 31.4 Å². The molecule has 1 aliphatic heterocycles. The number of ketones is 1. The summed E-state index contributed by atoms with van der Waals surface area (Å²) < 4.78 is 37.1. The Morgan fingerprint density at radius 1 is 0.963 bits per heavy atom. The van der Waals surface area contributed by atoms with Crippen LogP contribution >= 0.6 is 0 Å². The van der Waals surface area contributed by atoms with Crippen molar-refractivity contribution in [1.29, 1.82) is 0 Å². The number of hydrogen-bond acceptors (Lipinski definition) is 4. The lowest BCUT2D eigenvalue weighted by molar-refractivity contribution is -0.180. The van der Waals surface area contributed by atoms with E-state index in [9.17, 15) is 32.3 Å². The Kier molecular flexibility index (Phi) is 6.35. The van der Waals surface area contributed by atoms with E-state index in [4.69, 9.17) is 5.11 Å². The Hall–Kier alpha value is -2.71. The smallest absolute Gasteiger partial charge is 0.450 e. The number of carbonyl (C=O) groups is 4. The van der Waals surface area contributed by atoms with Crippen molar-refractivity contribution < 1.29 is 37.5 Å². The molecule has 0 spiro atoms. The lowest BCUT2D eigenvalue weighted by atomic mass is 9.96. The van der Waals surface area contributed by atoms with Crippen LogP contribution in [0.1, 0.15) is 52.8 Å². The maximum atomic E-state index is 12.4. The summed E-state index contributed by atoms with van der Waals surface area (Å²) in [5, 5.41) is 8.79. The second-order valence-corrected chi connectivity index (χ2v) is 6.26. The molecule has 9 heteroatoms. The summed E-state index contributed by atoms with van der Waals surface area (Å²) in [5.41, 5.74) is 0.690. The molecule has 1 unspecified atom stereocenters. The first-order chi connectivity index (χ1) is 12.6. The Labute approximate surface area is 153 Å². The summed E-state index contributed by atoms with van der Waals surface area (Å²) in [6.45, 7) is 0.177. The van der Waals surface area contributed by atoms with Gasteiger partial charge in [-0.05, 0) is 25.0 Å². The van der Waals surface area contributed by atoms with E-state index >= 15 is 0 Å². The van der Waals surface area contributed by atoms with Crippen molar-refractivity contribution in [3.8, 4) is 0 Å². The van der Waals surface area contributed by atoms with Gasteiger partial charge >= 0.3 is 12.1 Å². The molecular formula is C18H18F3NO5. The molecule has 2 rings (SSSR count). The zero-order valence-electron chi connectivity index (χ0n) is 14.3. The maximum Gasteiger partial charge on any atom is 0.450 e. The second-order valence-electron chi connectivity index (χ2n) is 6.26. The van der Waals surface area contributed by atoms with Gasteiger partial charge in [0.1, 0.15) is 5.92 Å². The van der Waals surface area contributed by atoms with E-state index in [2.05, 4.69) is 0 Å². The van der Waals surface area contributed by atoms with Gasteiger partial charge in [0.2, 0.25) is 5.78 Å². The highest BCUT2D eigenvalue weighted by atomic mass is 19.4. The molecule has 0 radical (unpaired) electrons. The minimum absolute atomic E-state index is 0.126. The third kappa shape index (κ3) is 4.72. The van der Waals surface area contributed by atoms with Gasteiger partial charge < -0.3 is 5.11 Å². The van der Waals surface area contributed by atoms with Crippen molar-refractivity contribution in [1.82, 2.24) is 4.90 Å². The molecule has 1 heterocycles. The predicted molar refractivity (Wildman–Crippen MR) is 87.1 cm³/mol. The van der Waals surface area contributed by atoms with Gasteiger partial charge in [0, 0.05) is 6.54 Å². The third-order valence-corrected chi connectivity index (χ3v) is 4.40. The zero-order valence-corrected chi connectivity index (χ0v) is 14.3. The molecule has 0 bridgehead atoms. The molecule has 6 nitrogen and oxygen atoms in total. The van der Waals surface area contributed by atoms with Crippen LogP contribution in [0.5, 0.6) is 0 Å². The first kappa shape index (κ1) is 20.6. The van der Waals surface area contributed by atoms with E-state index in [0.29, 0.717) is 30.4 Å². The fourth-order valence-corrected chi connectivity index (χ4v) is 2.98. The average Bonchev–Trinajstić information content (AvgIpc) is 2.84. The average molecular weight is 385 g/mol. The summed E-state index contributed by atoms with van der Waals surface area (Å²) in [4.78, 5) is 47.4. The number of rotatable bonds is 9. The second kappa shape index (κ2) is 8.32. The van der Waals surface area contributed by atoms with Gasteiger partial charge in [-0.3, -0.25) is 24.1 Å². The molecule has 0 fully saturated rings. The predicted octanol–water partition coefficient (Wildman–Crippen LogP) is 3.07. The number of imide groups is 1. The van der Waals surface area contributed by atoms with Gasteiger partial charge in [0.25, 0.3) is 11.8 Å². The summed E-state index contributed by atoms with van der Waals surface area (Å²) in [6.07, 6.45) is -4.13. The van der Waals surface area contributed by atoms with Gasteiger partial charge in [-0.25, -0.2) is 0 Å². The van der Waals surface area contributed by atoms with Crippen LogP contribution < -0.4 is 0 Å².